The summed E-state index contributed by atoms with van der Waals surface area (Å²) in [6, 6.07) is 1.69. The molecule has 3 heteroatoms. The molecule has 0 aliphatic rings. The maximum atomic E-state index is 10.5. The summed E-state index contributed by atoms with van der Waals surface area (Å²) in [6.07, 6.45) is 2.64. The molecular weight excluding hydrogens is 166 g/mol. The van der Waals surface area contributed by atoms with Gasteiger partial charge < -0.3 is 10.1 Å². The van der Waals surface area contributed by atoms with E-state index in [-0.39, 0.29) is 11.1 Å². The second kappa shape index (κ2) is 3.24. The molecule has 0 spiro atoms. The van der Waals surface area contributed by atoms with Crippen LogP contribution in [0, 0.1) is 5.41 Å². The van der Waals surface area contributed by atoms with Gasteiger partial charge in [-0.15, -0.1) is 0 Å². The Morgan fingerprint density at radius 1 is 1.54 bits per heavy atom. The van der Waals surface area contributed by atoms with Gasteiger partial charge in [0.15, 0.2) is 0 Å². The van der Waals surface area contributed by atoms with Crippen molar-refractivity contribution in [3.05, 3.63) is 23.5 Å². The summed E-state index contributed by atoms with van der Waals surface area (Å²) in [7, 11) is 0. The maximum absolute atomic E-state index is 10.5. The van der Waals surface area contributed by atoms with Gasteiger partial charge in [0.2, 0.25) is 0 Å². The minimum atomic E-state index is -0.903. The van der Waals surface area contributed by atoms with Gasteiger partial charge in [0.25, 0.3) is 0 Å². The molecule has 1 aromatic rings. The summed E-state index contributed by atoms with van der Waals surface area (Å²) in [6.45, 7) is 6.38. The molecule has 0 atom stereocenters. The number of carbonyl (C=O) groups is 1. The number of carboxylic acids is 1. The van der Waals surface area contributed by atoms with Crippen molar-refractivity contribution in [3.8, 4) is 0 Å². The number of aromatic amines is 1. The molecule has 0 bridgehead atoms. The Balaban J connectivity index is 2.75. The van der Waals surface area contributed by atoms with E-state index in [1.165, 1.54) is 0 Å². The highest BCUT2D eigenvalue weighted by Gasteiger charge is 2.13. The van der Waals surface area contributed by atoms with E-state index in [0.29, 0.717) is 0 Å². The predicted molar refractivity (Wildman–Crippen MR) is 50.9 cm³/mol. The van der Waals surface area contributed by atoms with Crippen LogP contribution >= 0.6 is 0 Å². The van der Waals surface area contributed by atoms with Crippen LogP contribution in [-0.2, 0) is 6.42 Å². The van der Waals surface area contributed by atoms with E-state index in [4.69, 9.17) is 5.11 Å². The van der Waals surface area contributed by atoms with Crippen molar-refractivity contribution in [1.82, 2.24) is 4.98 Å². The molecule has 0 fully saturated rings. The minimum absolute atomic E-state index is 0.192. The highest BCUT2D eigenvalue weighted by molar-refractivity contribution is 5.85. The van der Waals surface area contributed by atoms with Crippen LogP contribution in [0.2, 0.25) is 0 Å². The van der Waals surface area contributed by atoms with Crippen LogP contribution in [-0.4, -0.2) is 16.1 Å². The average Bonchev–Trinajstić information content (AvgIpc) is 2.31. The van der Waals surface area contributed by atoms with E-state index in [1.807, 2.05) is 0 Å². The SMILES string of the molecule is CC(C)(C)Cc1c[nH]c(C(=O)O)c1. The third kappa shape index (κ3) is 2.93. The van der Waals surface area contributed by atoms with E-state index in [1.54, 1.807) is 12.3 Å². The number of carboxylic acid groups (broad SMARTS) is 1. The number of aromatic nitrogens is 1. The van der Waals surface area contributed by atoms with Crippen LogP contribution < -0.4 is 0 Å². The first-order valence-electron chi connectivity index (χ1n) is 4.29. The molecule has 0 saturated carbocycles. The van der Waals surface area contributed by atoms with Gasteiger partial charge in [-0.25, -0.2) is 4.79 Å². The fourth-order valence-corrected chi connectivity index (χ4v) is 1.28. The first kappa shape index (κ1) is 9.84. The molecule has 1 heterocycles. The number of nitrogens with one attached hydrogen (secondary N) is 1. The van der Waals surface area contributed by atoms with Crippen LogP contribution in [0.3, 0.4) is 0 Å². The number of rotatable bonds is 2. The van der Waals surface area contributed by atoms with Gasteiger partial charge in [-0.2, -0.15) is 0 Å². The lowest BCUT2D eigenvalue weighted by Crippen LogP contribution is -2.08. The summed E-state index contributed by atoms with van der Waals surface area (Å²) in [5, 5.41) is 8.67. The third-order valence-corrected chi connectivity index (χ3v) is 1.71. The minimum Gasteiger partial charge on any atom is -0.477 e. The molecular formula is C10H15NO2. The van der Waals surface area contributed by atoms with E-state index in [9.17, 15) is 4.79 Å². The summed E-state index contributed by atoms with van der Waals surface area (Å²) in [5.41, 5.74) is 1.50. The van der Waals surface area contributed by atoms with E-state index >= 15 is 0 Å². The number of hydrogen-bond acceptors (Lipinski definition) is 1. The Labute approximate surface area is 77.8 Å². The fourth-order valence-electron chi connectivity index (χ4n) is 1.28. The summed E-state index contributed by atoms with van der Waals surface area (Å²) < 4.78 is 0. The summed E-state index contributed by atoms with van der Waals surface area (Å²) in [4.78, 5) is 13.3. The maximum Gasteiger partial charge on any atom is 0.352 e. The van der Waals surface area contributed by atoms with Crippen LogP contribution in [0.15, 0.2) is 12.3 Å². The second-order valence-corrected chi connectivity index (χ2v) is 4.46. The summed E-state index contributed by atoms with van der Waals surface area (Å²) >= 11 is 0. The lowest BCUT2D eigenvalue weighted by atomic mass is 9.89. The van der Waals surface area contributed by atoms with E-state index in [2.05, 4.69) is 25.8 Å². The third-order valence-electron chi connectivity index (χ3n) is 1.71. The van der Waals surface area contributed by atoms with Crippen molar-refractivity contribution in [2.75, 3.05) is 0 Å². The molecule has 1 rings (SSSR count). The molecule has 2 N–H and O–H groups in total. The molecule has 0 unspecified atom stereocenters. The first-order chi connectivity index (χ1) is 5.88. The van der Waals surface area contributed by atoms with Crippen molar-refractivity contribution in [2.24, 2.45) is 5.41 Å². The van der Waals surface area contributed by atoms with Crippen LogP contribution in [0.25, 0.3) is 0 Å². The van der Waals surface area contributed by atoms with Crippen molar-refractivity contribution >= 4 is 5.97 Å². The topological polar surface area (TPSA) is 53.1 Å². The molecule has 72 valence electrons. The summed E-state index contributed by atoms with van der Waals surface area (Å²) in [5.74, 6) is -0.903. The fraction of sp³-hybridized carbons (Fsp3) is 0.500. The van der Waals surface area contributed by atoms with Gasteiger partial charge in [0.05, 0.1) is 0 Å². The Bertz CT molecular complexity index is 307. The highest BCUT2D eigenvalue weighted by atomic mass is 16.4. The Morgan fingerprint density at radius 2 is 2.15 bits per heavy atom. The van der Waals surface area contributed by atoms with E-state index in [0.717, 1.165) is 12.0 Å². The molecule has 1 aromatic heterocycles. The van der Waals surface area contributed by atoms with Crippen LogP contribution in [0.5, 0.6) is 0 Å². The molecule has 0 aliphatic carbocycles. The molecule has 0 amide bonds. The van der Waals surface area contributed by atoms with Crippen molar-refractivity contribution in [3.63, 3.8) is 0 Å². The molecule has 0 radical (unpaired) electrons. The van der Waals surface area contributed by atoms with E-state index < -0.39 is 5.97 Å². The molecule has 3 nitrogen and oxygen atoms in total. The standard InChI is InChI=1S/C10H15NO2/c1-10(2,3)5-7-4-8(9(12)13)11-6-7/h4,6,11H,5H2,1-3H3,(H,12,13). The zero-order valence-corrected chi connectivity index (χ0v) is 8.22. The Kier molecular flexibility index (Phi) is 2.45. The quantitative estimate of drug-likeness (QED) is 0.735. The molecule has 0 aromatic carbocycles. The molecule has 0 saturated heterocycles. The normalized spacial score (nSPS) is 11.6. The predicted octanol–water partition coefficient (Wildman–Crippen LogP) is 2.30. The van der Waals surface area contributed by atoms with Crippen LogP contribution in [0.4, 0.5) is 0 Å². The van der Waals surface area contributed by atoms with Gasteiger partial charge in [0, 0.05) is 6.20 Å². The van der Waals surface area contributed by atoms with Crippen molar-refractivity contribution in [2.45, 2.75) is 27.2 Å². The van der Waals surface area contributed by atoms with Gasteiger partial charge in [0.1, 0.15) is 5.69 Å². The Morgan fingerprint density at radius 3 is 2.54 bits per heavy atom. The largest absolute Gasteiger partial charge is 0.477 e. The lowest BCUT2D eigenvalue weighted by molar-refractivity contribution is 0.0691. The number of aromatic carboxylic acids is 1. The number of hydrogen-bond donors (Lipinski definition) is 2. The molecule has 0 aliphatic heterocycles. The van der Waals surface area contributed by atoms with Crippen molar-refractivity contribution < 1.29 is 9.90 Å². The smallest absolute Gasteiger partial charge is 0.352 e. The second-order valence-electron chi connectivity index (χ2n) is 4.46. The average molecular weight is 181 g/mol. The lowest BCUT2D eigenvalue weighted by Gasteiger charge is -2.16. The first-order valence-corrected chi connectivity index (χ1v) is 4.29. The Hall–Kier alpha value is -1.25. The van der Waals surface area contributed by atoms with Crippen LogP contribution in [0.1, 0.15) is 36.8 Å². The van der Waals surface area contributed by atoms with Gasteiger partial charge in [-0.05, 0) is 23.5 Å². The van der Waals surface area contributed by atoms with Crippen molar-refractivity contribution in [1.29, 1.82) is 0 Å². The van der Waals surface area contributed by atoms with Gasteiger partial charge in [-0.3, -0.25) is 0 Å². The molecule has 13 heavy (non-hydrogen) atoms. The highest BCUT2D eigenvalue weighted by Crippen LogP contribution is 2.20. The van der Waals surface area contributed by atoms with Gasteiger partial charge in [-0.1, -0.05) is 20.8 Å². The van der Waals surface area contributed by atoms with Gasteiger partial charge >= 0.3 is 5.97 Å². The monoisotopic (exact) mass is 181 g/mol. The zero-order chi connectivity index (χ0) is 10.1. The number of H-pyrrole nitrogens is 1. The zero-order valence-electron chi connectivity index (χ0n) is 8.22.